The van der Waals surface area contributed by atoms with Crippen molar-refractivity contribution in [1.82, 2.24) is 10.6 Å². The highest BCUT2D eigenvalue weighted by Gasteiger charge is 2.50. The molecular weight excluding hydrogens is 436 g/mol. The van der Waals surface area contributed by atoms with Crippen molar-refractivity contribution in [3.63, 3.8) is 0 Å². The molecule has 1 aliphatic carbocycles. The van der Waals surface area contributed by atoms with E-state index in [4.69, 9.17) is 18.9 Å². The molecule has 1 heterocycles. The highest BCUT2D eigenvalue weighted by atomic mass is 16.5. The van der Waals surface area contributed by atoms with Crippen molar-refractivity contribution in [2.24, 2.45) is 0 Å². The Morgan fingerprint density at radius 1 is 0.941 bits per heavy atom. The molecule has 2 fully saturated rings. The third-order valence-corrected chi connectivity index (χ3v) is 6.63. The van der Waals surface area contributed by atoms with Gasteiger partial charge in [-0.25, -0.2) is 4.79 Å². The number of hydrogen-bond acceptors (Lipinski definition) is 7. The first-order chi connectivity index (χ1) is 16.5. The van der Waals surface area contributed by atoms with Gasteiger partial charge in [0.05, 0.1) is 25.3 Å². The van der Waals surface area contributed by atoms with Crippen LogP contribution < -0.4 is 20.1 Å². The summed E-state index contributed by atoms with van der Waals surface area (Å²) in [6.07, 6.45) is 2.90. The van der Waals surface area contributed by atoms with Gasteiger partial charge in [-0.2, -0.15) is 0 Å². The minimum atomic E-state index is -0.718. The number of benzene rings is 2. The maximum absolute atomic E-state index is 13.6. The van der Waals surface area contributed by atoms with E-state index in [1.54, 1.807) is 19.2 Å². The second-order valence-corrected chi connectivity index (χ2v) is 8.73. The quantitative estimate of drug-likeness (QED) is 0.409. The zero-order valence-electron chi connectivity index (χ0n) is 19.7. The summed E-state index contributed by atoms with van der Waals surface area (Å²) in [7, 11) is 2.97. The van der Waals surface area contributed by atoms with Gasteiger partial charge in [-0.05, 0) is 55.5 Å². The molecule has 2 aromatic rings. The summed E-state index contributed by atoms with van der Waals surface area (Å²) in [4.78, 5) is 25.3. The molecule has 4 rings (SSSR count). The molecule has 8 heteroatoms. The first kappa shape index (κ1) is 24.0. The topological polar surface area (TPSA) is 95.1 Å². The molecule has 0 spiro atoms. The second kappa shape index (κ2) is 10.4. The first-order valence-corrected chi connectivity index (χ1v) is 11.6. The van der Waals surface area contributed by atoms with Crippen molar-refractivity contribution in [3.8, 4) is 11.5 Å². The third-order valence-electron chi connectivity index (χ3n) is 6.63. The summed E-state index contributed by atoms with van der Waals surface area (Å²) < 4.78 is 21.5. The van der Waals surface area contributed by atoms with Crippen LogP contribution in [0.2, 0.25) is 0 Å². The van der Waals surface area contributed by atoms with Crippen LogP contribution in [-0.2, 0) is 19.8 Å². The number of hydrogen-bond donors (Lipinski definition) is 2. The minimum Gasteiger partial charge on any atom is -0.493 e. The van der Waals surface area contributed by atoms with Crippen LogP contribution >= 0.6 is 0 Å². The van der Waals surface area contributed by atoms with E-state index in [0.717, 1.165) is 18.4 Å². The lowest BCUT2D eigenvalue weighted by Crippen LogP contribution is -2.61. The number of amides is 1. The zero-order chi connectivity index (χ0) is 24.0. The molecule has 1 saturated carbocycles. The van der Waals surface area contributed by atoms with Gasteiger partial charge in [0.15, 0.2) is 11.5 Å². The number of esters is 1. The molecule has 0 unspecified atom stereocenters. The summed E-state index contributed by atoms with van der Waals surface area (Å²) in [5.74, 6) is 0.947. The fraction of sp³-hybridized carbons (Fsp3) is 0.462. The van der Waals surface area contributed by atoms with Crippen molar-refractivity contribution in [3.05, 3.63) is 59.7 Å². The Bertz CT molecular complexity index is 997. The van der Waals surface area contributed by atoms with Crippen molar-refractivity contribution in [2.75, 3.05) is 40.6 Å². The largest absolute Gasteiger partial charge is 0.493 e. The fourth-order valence-corrected chi connectivity index (χ4v) is 4.38. The highest BCUT2D eigenvalue weighted by molar-refractivity contribution is 5.89. The standard InChI is InChI=1S/C26H32N2O6/c1-31-21-5-3-4-6-22(21)34-18-15-27-26(13-16-33-17-14-26)24(30)28-25(11-12-25)20-9-7-19(8-10-20)23(29)32-2/h3-10,27H,11-18H2,1-2H3,(H,28,30). The summed E-state index contributed by atoms with van der Waals surface area (Å²) in [6, 6.07) is 14.8. The number of methoxy groups -OCH3 is 2. The van der Waals surface area contributed by atoms with E-state index in [2.05, 4.69) is 10.6 Å². The fourth-order valence-electron chi connectivity index (χ4n) is 4.38. The van der Waals surface area contributed by atoms with Gasteiger partial charge in [0.1, 0.15) is 12.1 Å². The molecule has 0 radical (unpaired) electrons. The molecule has 2 aliphatic rings. The summed E-state index contributed by atoms with van der Waals surface area (Å²) in [6.45, 7) is 1.95. The second-order valence-electron chi connectivity index (χ2n) is 8.73. The molecule has 1 aliphatic heterocycles. The predicted octanol–water partition coefficient (Wildman–Crippen LogP) is 2.80. The van der Waals surface area contributed by atoms with Gasteiger partial charge in [-0.15, -0.1) is 0 Å². The number of para-hydroxylation sites is 2. The molecular formula is C26H32N2O6. The summed E-state index contributed by atoms with van der Waals surface area (Å²) in [5.41, 5.74) is 0.373. The van der Waals surface area contributed by atoms with E-state index in [1.807, 2.05) is 36.4 Å². The Morgan fingerprint density at radius 3 is 2.24 bits per heavy atom. The smallest absolute Gasteiger partial charge is 0.337 e. The number of carbonyl (C=O) groups is 2. The van der Waals surface area contributed by atoms with Crippen LogP contribution in [-0.4, -0.2) is 58.0 Å². The molecule has 34 heavy (non-hydrogen) atoms. The Balaban J connectivity index is 1.39. The van der Waals surface area contributed by atoms with Crippen LogP contribution in [0.25, 0.3) is 0 Å². The van der Waals surface area contributed by atoms with Gasteiger partial charge in [0.25, 0.3) is 0 Å². The van der Waals surface area contributed by atoms with E-state index in [1.165, 1.54) is 7.11 Å². The highest BCUT2D eigenvalue weighted by Crippen LogP contribution is 2.46. The summed E-state index contributed by atoms with van der Waals surface area (Å²) in [5, 5.41) is 6.76. The maximum atomic E-state index is 13.6. The Labute approximate surface area is 199 Å². The molecule has 1 saturated heterocycles. The zero-order valence-corrected chi connectivity index (χ0v) is 19.7. The molecule has 8 nitrogen and oxygen atoms in total. The Morgan fingerprint density at radius 2 is 1.62 bits per heavy atom. The van der Waals surface area contributed by atoms with E-state index >= 15 is 0 Å². The van der Waals surface area contributed by atoms with Gasteiger partial charge >= 0.3 is 5.97 Å². The number of nitrogens with one attached hydrogen (secondary N) is 2. The molecule has 182 valence electrons. The normalized spacial score (nSPS) is 17.9. The molecule has 0 bridgehead atoms. The number of rotatable bonds is 10. The van der Waals surface area contributed by atoms with E-state index in [9.17, 15) is 9.59 Å². The van der Waals surface area contributed by atoms with Crippen LogP contribution in [0, 0.1) is 0 Å². The van der Waals surface area contributed by atoms with Gasteiger partial charge in [-0.3, -0.25) is 10.1 Å². The van der Waals surface area contributed by atoms with Crippen molar-refractivity contribution in [2.45, 2.75) is 36.8 Å². The monoisotopic (exact) mass is 468 g/mol. The van der Waals surface area contributed by atoms with Crippen LogP contribution in [0.1, 0.15) is 41.6 Å². The van der Waals surface area contributed by atoms with Gasteiger partial charge < -0.3 is 24.3 Å². The Kier molecular flexibility index (Phi) is 7.38. The third kappa shape index (κ3) is 5.18. The van der Waals surface area contributed by atoms with Crippen molar-refractivity contribution in [1.29, 1.82) is 0 Å². The number of carbonyl (C=O) groups excluding carboxylic acids is 2. The predicted molar refractivity (Wildman–Crippen MR) is 126 cm³/mol. The molecule has 2 aromatic carbocycles. The van der Waals surface area contributed by atoms with Crippen molar-refractivity contribution < 1.29 is 28.5 Å². The minimum absolute atomic E-state index is 0.0253. The Hall–Kier alpha value is -3.10. The van der Waals surface area contributed by atoms with Crippen LogP contribution in [0.3, 0.4) is 0 Å². The maximum Gasteiger partial charge on any atom is 0.337 e. The van der Waals surface area contributed by atoms with E-state index < -0.39 is 11.1 Å². The van der Waals surface area contributed by atoms with Gasteiger partial charge in [0.2, 0.25) is 5.91 Å². The lowest BCUT2D eigenvalue weighted by atomic mass is 9.88. The molecule has 1 amide bonds. The lowest BCUT2D eigenvalue weighted by Gasteiger charge is -2.38. The van der Waals surface area contributed by atoms with E-state index in [0.29, 0.717) is 56.3 Å². The van der Waals surface area contributed by atoms with Gasteiger partial charge in [-0.1, -0.05) is 24.3 Å². The van der Waals surface area contributed by atoms with E-state index in [-0.39, 0.29) is 11.9 Å². The van der Waals surface area contributed by atoms with Crippen molar-refractivity contribution >= 4 is 11.9 Å². The van der Waals surface area contributed by atoms with Crippen LogP contribution in [0.4, 0.5) is 0 Å². The summed E-state index contributed by atoms with van der Waals surface area (Å²) >= 11 is 0. The first-order valence-electron chi connectivity index (χ1n) is 11.6. The molecule has 0 aromatic heterocycles. The average molecular weight is 469 g/mol. The average Bonchev–Trinajstić information content (AvgIpc) is 3.67. The SMILES string of the molecule is COC(=O)c1ccc(C2(NC(=O)C3(NCCOc4ccccc4OC)CCOCC3)CC2)cc1. The number of ether oxygens (including phenoxy) is 4. The molecule has 2 N–H and O–H groups in total. The molecule has 0 atom stereocenters. The van der Waals surface area contributed by atoms with Crippen LogP contribution in [0.5, 0.6) is 11.5 Å². The lowest BCUT2D eigenvalue weighted by molar-refractivity contribution is -0.133. The van der Waals surface area contributed by atoms with Gasteiger partial charge in [0, 0.05) is 19.8 Å². The van der Waals surface area contributed by atoms with Crippen LogP contribution in [0.15, 0.2) is 48.5 Å².